The molecule has 0 fully saturated rings. The lowest BCUT2D eigenvalue weighted by atomic mass is 9.99. The predicted molar refractivity (Wildman–Crippen MR) is 66.6 cm³/mol. The zero-order valence-corrected chi connectivity index (χ0v) is 10.2. The average Bonchev–Trinajstić information content (AvgIpc) is 2.38. The van der Waals surface area contributed by atoms with Crippen molar-refractivity contribution in [1.29, 1.82) is 0 Å². The van der Waals surface area contributed by atoms with Gasteiger partial charge >= 0.3 is 0 Å². The second-order valence-electron chi connectivity index (χ2n) is 4.57. The molecule has 0 radical (unpaired) electrons. The monoisotopic (exact) mass is 246 g/mol. The minimum Gasteiger partial charge on any atom is -0.550 e. The Labute approximate surface area is 106 Å². The lowest BCUT2D eigenvalue weighted by molar-refractivity contribution is -0.305. The van der Waals surface area contributed by atoms with E-state index in [9.17, 15) is 14.7 Å². The first kappa shape index (κ1) is 12.6. The molecule has 2 rings (SSSR count). The third kappa shape index (κ3) is 2.88. The number of rotatable bonds is 5. The number of carboxylic acids is 1. The first-order valence-corrected chi connectivity index (χ1v) is 6.23. The van der Waals surface area contributed by atoms with Gasteiger partial charge in [-0.3, -0.25) is 4.79 Å². The van der Waals surface area contributed by atoms with Gasteiger partial charge in [0.05, 0.1) is 0 Å². The van der Waals surface area contributed by atoms with Crippen molar-refractivity contribution in [2.24, 2.45) is 0 Å². The van der Waals surface area contributed by atoms with E-state index in [0.29, 0.717) is 12.0 Å². The van der Waals surface area contributed by atoms with Crippen LogP contribution in [0.15, 0.2) is 18.2 Å². The van der Waals surface area contributed by atoms with Crippen LogP contribution in [-0.4, -0.2) is 25.3 Å². The Morgan fingerprint density at radius 2 is 2.28 bits per heavy atom. The van der Waals surface area contributed by atoms with E-state index < -0.39 is 5.97 Å². The molecule has 0 amide bonds. The molecule has 0 aromatic heterocycles. The van der Waals surface area contributed by atoms with Crippen LogP contribution in [0.3, 0.4) is 0 Å². The summed E-state index contributed by atoms with van der Waals surface area (Å²) in [7, 11) is 0. The zero-order valence-electron chi connectivity index (χ0n) is 10.2. The largest absolute Gasteiger partial charge is 0.550 e. The smallest absolute Gasteiger partial charge is 0.150 e. The number of aryl methyl sites for hydroxylation is 1. The third-order valence-electron chi connectivity index (χ3n) is 3.26. The van der Waals surface area contributed by atoms with Crippen LogP contribution < -0.4 is 10.0 Å². The van der Waals surface area contributed by atoms with E-state index in [1.165, 1.54) is 5.56 Å². The molecule has 1 aromatic carbocycles. The van der Waals surface area contributed by atoms with E-state index in [-0.39, 0.29) is 6.42 Å². The van der Waals surface area contributed by atoms with Gasteiger partial charge in [0, 0.05) is 30.3 Å². The molecule has 1 aliphatic heterocycles. The number of anilines is 1. The zero-order chi connectivity index (χ0) is 13.0. The summed E-state index contributed by atoms with van der Waals surface area (Å²) >= 11 is 0. The highest BCUT2D eigenvalue weighted by Crippen LogP contribution is 2.27. The fourth-order valence-electron chi connectivity index (χ4n) is 2.41. The van der Waals surface area contributed by atoms with E-state index in [1.807, 2.05) is 18.2 Å². The molecule has 0 bridgehead atoms. The molecule has 0 saturated heterocycles. The van der Waals surface area contributed by atoms with Gasteiger partial charge in [0.25, 0.3) is 0 Å². The number of aldehydes is 1. The van der Waals surface area contributed by atoms with Gasteiger partial charge in [-0.2, -0.15) is 0 Å². The molecule has 1 aliphatic rings. The van der Waals surface area contributed by atoms with Crippen molar-refractivity contribution in [2.75, 3.05) is 18.0 Å². The van der Waals surface area contributed by atoms with Gasteiger partial charge in [-0.15, -0.1) is 0 Å². The van der Waals surface area contributed by atoms with Crippen LogP contribution in [0.5, 0.6) is 0 Å². The van der Waals surface area contributed by atoms with Crippen LogP contribution in [0, 0.1) is 0 Å². The molecule has 0 aliphatic carbocycles. The van der Waals surface area contributed by atoms with Crippen LogP contribution in [0.25, 0.3) is 0 Å². The molecule has 96 valence electrons. The van der Waals surface area contributed by atoms with E-state index in [0.717, 1.165) is 37.9 Å². The fraction of sp³-hybridized carbons (Fsp3) is 0.429. The summed E-state index contributed by atoms with van der Waals surface area (Å²) in [5.41, 5.74) is 3.01. The molecule has 0 spiro atoms. The maximum absolute atomic E-state index is 10.7. The highest BCUT2D eigenvalue weighted by atomic mass is 16.4. The molecule has 0 saturated carbocycles. The van der Waals surface area contributed by atoms with Crippen LogP contribution in [-0.2, 0) is 11.2 Å². The summed E-state index contributed by atoms with van der Waals surface area (Å²) < 4.78 is 0. The topological polar surface area (TPSA) is 60.4 Å². The molecule has 4 nitrogen and oxygen atoms in total. The molecule has 1 heterocycles. The van der Waals surface area contributed by atoms with Gasteiger partial charge in [0.2, 0.25) is 0 Å². The van der Waals surface area contributed by atoms with Crippen molar-refractivity contribution in [1.82, 2.24) is 0 Å². The highest BCUT2D eigenvalue weighted by molar-refractivity contribution is 5.77. The lowest BCUT2D eigenvalue weighted by Crippen LogP contribution is -2.31. The number of carbonyl (C=O) groups is 2. The lowest BCUT2D eigenvalue weighted by Gasteiger charge is -2.31. The van der Waals surface area contributed by atoms with Gasteiger partial charge in [0.15, 0.2) is 0 Å². The molecule has 0 atom stereocenters. The number of fused-ring (bicyclic) bond motifs is 1. The van der Waals surface area contributed by atoms with Crippen molar-refractivity contribution in [3.8, 4) is 0 Å². The van der Waals surface area contributed by atoms with E-state index in [4.69, 9.17) is 0 Å². The van der Waals surface area contributed by atoms with Crippen molar-refractivity contribution in [2.45, 2.75) is 25.7 Å². The number of nitrogens with zero attached hydrogens (tertiary/aromatic N) is 1. The van der Waals surface area contributed by atoms with Gasteiger partial charge in [-0.05, 0) is 49.4 Å². The molecular weight excluding hydrogens is 230 g/mol. The van der Waals surface area contributed by atoms with E-state index >= 15 is 0 Å². The third-order valence-corrected chi connectivity index (χ3v) is 3.26. The molecule has 1 aromatic rings. The molecule has 4 heteroatoms. The number of hydrogen-bond acceptors (Lipinski definition) is 4. The minimum absolute atomic E-state index is 0.0955. The SMILES string of the molecule is O=Cc1ccc2c(c1)CCCN2CCCC(=O)[O-]. The van der Waals surface area contributed by atoms with Crippen LogP contribution in [0.4, 0.5) is 5.69 Å². The van der Waals surface area contributed by atoms with Gasteiger partial charge in [-0.25, -0.2) is 0 Å². The quantitative estimate of drug-likeness (QED) is 0.720. The Balaban J connectivity index is 2.07. The van der Waals surface area contributed by atoms with Gasteiger partial charge in [-0.1, -0.05) is 0 Å². The van der Waals surface area contributed by atoms with E-state index in [1.54, 1.807) is 0 Å². The first-order chi connectivity index (χ1) is 8.70. The van der Waals surface area contributed by atoms with Crippen molar-refractivity contribution in [3.63, 3.8) is 0 Å². The molecule has 0 N–H and O–H groups in total. The Hall–Kier alpha value is -1.84. The van der Waals surface area contributed by atoms with E-state index in [2.05, 4.69) is 4.90 Å². The Morgan fingerprint density at radius 3 is 3.00 bits per heavy atom. The van der Waals surface area contributed by atoms with Crippen molar-refractivity contribution < 1.29 is 14.7 Å². The normalized spacial score (nSPS) is 14.1. The molecule has 0 unspecified atom stereocenters. The number of hydrogen-bond donors (Lipinski definition) is 0. The van der Waals surface area contributed by atoms with Crippen molar-refractivity contribution >= 4 is 17.9 Å². The average molecular weight is 246 g/mol. The number of carbonyl (C=O) groups excluding carboxylic acids is 2. The Bertz CT molecular complexity index is 456. The first-order valence-electron chi connectivity index (χ1n) is 6.23. The molecular formula is C14H16NO3-. The van der Waals surface area contributed by atoms with Gasteiger partial charge in [0.1, 0.15) is 6.29 Å². The standard InChI is InChI=1S/C14H17NO3/c16-10-11-5-6-13-12(9-11)3-1-7-15(13)8-2-4-14(17)18/h5-6,9-10H,1-4,7-8H2,(H,17,18)/p-1. The fourth-order valence-corrected chi connectivity index (χ4v) is 2.41. The predicted octanol–water partition coefficient (Wildman–Crippen LogP) is 0.782. The second kappa shape index (κ2) is 5.67. The number of benzene rings is 1. The maximum Gasteiger partial charge on any atom is 0.150 e. The summed E-state index contributed by atoms with van der Waals surface area (Å²) in [6.07, 6.45) is 3.57. The summed E-state index contributed by atoms with van der Waals surface area (Å²) in [5.74, 6) is -0.997. The number of carboxylic acid groups (broad SMARTS) is 1. The Morgan fingerprint density at radius 1 is 1.44 bits per heavy atom. The summed E-state index contributed by atoms with van der Waals surface area (Å²) in [6, 6.07) is 5.69. The van der Waals surface area contributed by atoms with Crippen molar-refractivity contribution in [3.05, 3.63) is 29.3 Å². The highest BCUT2D eigenvalue weighted by Gasteiger charge is 2.16. The van der Waals surface area contributed by atoms with Crippen LogP contribution in [0.2, 0.25) is 0 Å². The van der Waals surface area contributed by atoms with Crippen LogP contribution >= 0.6 is 0 Å². The minimum atomic E-state index is -0.997. The van der Waals surface area contributed by atoms with Crippen LogP contribution in [0.1, 0.15) is 35.2 Å². The second-order valence-corrected chi connectivity index (χ2v) is 4.57. The summed E-state index contributed by atoms with van der Waals surface area (Å²) in [5, 5.41) is 10.4. The number of aliphatic carboxylic acids is 1. The molecule has 18 heavy (non-hydrogen) atoms. The Kier molecular flexibility index (Phi) is 3.97. The maximum atomic E-state index is 10.7. The van der Waals surface area contributed by atoms with Gasteiger partial charge < -0.3 is 14.8 Å². The summed E-state index contributed by atoms with van der Waals surface area (Å²) in [4.78, 5) is 23.3. The summed E-state index contributed by atoms with van der Waals surface area (Å²) in [6.45, 7) is 1.67.